The van der Waals surface area contributed by atoms with Gasteiger partial charge in [0.1, 0.15) is 11.6 Å². The van der Waals surface area contributed by atoms with E-state index in [0.29, 0.717) is 18.0 Å². The molecular weight excluding hydrogens is 416 g/mol. The average Bonchev–Trinajstić information content (AvgIpc) is 3.17. The van der Waals surface area contributed by atoms with Gasteiger partial charge < -0.3 is 14.6 Å². The van der Waals surface area contributed by atoms with Crippen molar-refractivity contribution in [2.75, 3.05) is 17.6 Å². The molecule has 0 fully saturated rings. The molecule has 0 bridgehead atoms. The fraction of sp³-hybridized carbons (Fsp3) is 0.273. The van der Waals surface area contributed by atoms with Crippen LogP contribution in [0.3, 0.4) is 0 Å². The van der Waals surface area contributed by atoms with Crippen molar-refractivity contribution in [2.24, 2.45) is 0 Å². The lowest BCUT2D eigenvalue weighted by Crippen LogP contribution is -2.35. The molecule has 1 amide bonds. The molecule has 1 atom stereocenters. The number of aryl methyl sites for hydroxylation is 1. The summed E-state index contributed by atoms with van der Waals surface area (Å²) in [6.45, 7) is 3.98. The maximum atomic E-state index is 12.4. The normalized spacial score (nSPS) is 12.3. The number of imidazole rings is 1. The highest BCUT2D eigenvalue weighted by Gasteiger charge is 2.16. The first kappa shape index (κ1) is 22.4. The van der Waals surface area contributed by atoms with Gasteiger partial charge in [-0.3, -0.25) is 9.10 Å². The second-order valence-corrected chi connectivity index (χ2v) is 9.23. The first-order valence-corrected chi connectivity index (χ1v) is 11.6. The summed E-state index contributed by atoms with van der Waals surface area (Å²) in [6.07, 6.45) is 4.08. The average molecular weight is 443 g/mol. The zero-order chi connectivity index (χ0) is 22.6. The van der Waals surface area contributed by atoms with Gasteiger partial charge in [-0.15, -0.1) is 0 Å². The van der Waals surface area contributed by atoms with Crippen LogP contribution in [0.15, 0.2) is 60.9 Å². The molecule has 0 unspecified atom stereocenters. The van der Waals surface area contributed by atoms with Gasteiger partial charge in [-0.1, -0.05) is 12.1 Å². The largest absolute Gasteiger partial charge is 0.481 e. The maximum Gasteiger partial charge on any atom is 0.261 e. The first-order chi connectivity index (χ1) is 14.6. The zero-order valence-corrected chi connectivity index (χ0v) is 18.8. The molecule has 1 heterocycles. The lowest BCUT2D eigenvalue weighted by atomic mass is 10.2. The summed E-state index contributed by atoms with van der Waals surface area (Å²) in [4.78, 5) is 16.6. The van der Waals surface area contributed by atoms with Crippen LogP contribution in [0.25, 0.3) is 5.69 Å². The number of amides is 1. The van der Waals surface area contributed by atoms with E-state index in [1.807, 2.05) is 42.0 Å². The van der Waals surface area contributed by atoms with E-state index in [0.717, 1.165) is 23.3 Å². The Bertz CT molecular complexity index is 1140. The maximum absolute atomic E-state index is 12.4. The first-order valence-electron chi connectivity index (χ1n) is 9.73. The molecular formula is C22H26N4O4S. The summed E-state index contributed by atoms with van der Waals surface area (Å²) in [5, 5.41) is 2.86. The number of hydrogen-bond acceptors (Lipinski definition) is 5. The molecule has 0 aliphatic heterocycles. The number of nitrogens with one attached hydrogen (secondary N) is 1. The van der Waals surface area contributed by atoms with E-state index in [4.69, 9.17) is 4.74 Å². The van der Waals surface area contributed by atoms with Crippen LogP contribution in [0.2, 0.25) is 0 Å². The molecule has 9 heteroatoms. The number of carbonyl (C=O) groups is 1. The van der Waals surface area contributed by atoms with Crippen LogP contribution in [-0.2, 0) is 21.4 Å². The molecule has 1 N–H and O–H groups in total. The molecule has 31 heavy (non-hydrogen) atoms. The molecule has 3 aromatic rings. The van der Waals surface area contributed by atoms with Crippen molar-refractivity contribution in [2.45, 2.75) is 26.5 Å². The van der Waals surface area contributed by atoms with Gasteiger partial charge in [-0.2, -0.15) is 0 Å². The minimum Gasteiger partial charge on any atom is -0.481 e. The fourth-order valence-electron chi connectivity index (χ4n) is 2.94. The van der Waals surface area contributed by atoms with Crippen LogP contribution >= 0.6 is 0 Å². The number of nitrogens with zero attached hydrogens (tertiary/aromatic N) is 3. The van der Waals surface area contributed by atoms with Crippen LogP contribution < -0.4 is 14.4 Å². The monoisotopic (exact) mass is 442 g/mol. The Morgan fingerprint density at radius 3 is 2.35 bits per heavy atom. The lowest BCUT2D eigenvalue weighted by molar-refractivity contribution is -0.127. The van der Waals surface area contributed by atoms with Gasteiger partial charge >= 0.3 is 0 Å². The Kier molecular flexibility index (Phi) is 6.65. The van der Waals surface area contributed by atoms with Gasteiger partial charge in [0.25, 0.3) is 5.91 Å². The van der Waals surface area contributed by atoms with Gasteiger partial charge in [-0.25, -0.2) is 13.4 Å². The number of anilines is 1. The van der Waals surface area contributed by atoms with Crippen molar-refractivity contribution >= 4 is 21.6 Å². The van der Waals surface area contributed by atoms with Gasteiger partial charge in [0, 0.05) is 31.7 Å². The van der Waals surface area contributed by atoms with E-state index < -0.39 is 16.1 Å². The summed E-state index contributed by atoms with van der Waals surface area (Å²) < 4.78 is 32.0. The highest BCUT2D eigenvalue weighted by atomic mass is 32.2. The Morgan fingerprint density at radius 1 is 1.16 bits per heavy atom. The molecule has 0 aliphatic rings. The predicted octanol–water partition coefficient (Wildman–Crippen LogP) is 2.66. The van der Waals surface area contributed by atoms with Gasteiger partial charge in [0.05, 0.1) is 11.9 Å². The number of ether oxygens (including phenoxy) is 1. The molecule has 2 aromatic carbocycles. The van der Waals surface area contributed by atoms with Crippen LogP contribution in [0, 0.1) is 6.92 Å². The van der Waals surface area contributed by atoms with Crippen LogP contribution in [-0.4, -0.2) is 43.3 Å². The topological polar surface area (TPSA) is 93.5 Å². The van der Waals surface area contributed by atoms with E-state index >= 15 is 0 Å². The minimum atomic E-state index is -3.33. The summed E-state index contributed by atoms with van der Waals surface area (Å²) in [5.74, 6) is 1.14. The van der Waals surface area contributed by atoms with Crippen LogP contribution in [0.4, 0.5) is 5.69 Å². The van der Waals surface area contributed by atoms with Gasteiger partial charge in [-0.05, 0) is 55.8 Å². The van der Waals surface area contributed by atoms with E-state index in [9.17, 15) is 13.2 Å². The molecule has 0 saturated heterocycles. The van der Waals surface area contributed by atoms with Crippen molar-refractivity contribution < 1.29 is 17.9 Å². The molecule has 0 spiro atoms. The number of hydrogen-bond donors (Lipinski definition) is 1. The number of rotatable bonds is 8. The van der Waals surface area contributed by atoms with Crippen molar-refractivity contribution in [3.05, 3.63) is 72.3 Å². The highest BCUT2D eigenvalue weighted by molar-refractivity contribution is 7.92. The molecule has 164 valence electrons. The second-order valence-electron chi connectivity index (χ2n) is 7.21. The summed E-state index contributed by atoms with van der Waals surface area (Å²) >= 11 is 0. The summed E-state index contributed by atoms with van der Waals surface area (Å²) in [6, 6.07) is 14.4. The number of carbonyl (C=O) groups excluding carboxylic acids is 1. The standard InChI is InChI=1S/C22H26N4O4S/c1-16(30-21-11-9-19(10-12-21)25(3)31(4,28)29)22(27)24-15-18-5-7-20(8-6-18)26-14-13-23-17(26)2/h5-14,16H,15H2,1-4H3,(H,24,27)/t16-/m1/s1. The molecule has 0 radical (unpaired) electrons. The third-order valence-electron chi connectivity index (χ3n) is 4.89. The Hall–Kier alpha value is -3.33. The predicted molar refractivity (Wildman–Crippen MR) is 120 cm³/mol. The van der Waals surface area contributed by atoms with Crippen molar-refractivity contribution in [1.29, 1.82) is 0 Å². The summed E-state index contributed by atoms with van der Waals surface area (Å²) in [7, 11) is -1.86. The molecule has 0 saturated carbocycles. The van der Waals surface area contributed by atoms with E-state index in [1.54, 1.807) is 37.4 Å². The van der Waals surface area contributed by atoms with Crippen LogP contribution in [0.1, 0.15) is 18.3 Å². The van der Waals surface area contributed by atoms with Gasteiger partial charge in [0.15, 0.2) is 6.10 Å². The van der Waals surface area contributed by atoms with Crippen LogP contribution in [0.5, 0.6) is 5.75 Å². The van der Waals surface area contributed by atoms with Gasteiger partial charge in [0.2, 0.25) is 10.0 Å². The third-order valence-corrected chi connectivity index (χ3v) is 6.09. The molecule has 1 aromatic heterocycles. The fourth-order valence-corrected chi connectivity index (χ4v) is 3.45. The Morgan fingerprint density at radius 2 is 1.81 bits per heavy atom. The third kappa shape index (κ3) is 5.64. The van der Waals surface area contributed by atoms with E-state index in [2.05, 4.69) is 10.3 Å². The Labute approximate surface area is 182 Å². The molecule has 0 aliphatic carbocycles. The van der Waals surface area contributed by atoms with Crippen molar-refractivity contribution in [3.63, 3.8) is 0 Å². The Balaban J connectivity index is 1.53. The quantitative estimate of drug-likeness (QED) is 0.579. The molecule has 8 nitrogen and oxygen atoms in total. The lowest BCUT2D eigenvalue weighted by Gasteiger charge is -2.18. The van der Waals surface area contributed by atoms with Crippen molar-refractivity contribution in [1.82, 2.24) is 14.9 Å². The second kappa shape index (κ2) is 9.22. The SMILES string of the molecule is Cc1nccn1-c1ccc(CNC(=O)[C@@H](C)Oc2ccc(N(C)S(C)(=O)=O)cc2)cc1. The summed E-state index contributed by atoms with van der Waals surface area (Å²) in [5.41, 5.74) is 2.49. The molecule has 3 rings (SSSR count). The number of aromatic nitrogens is 2. The smallest absolute Gasteiger partial charge is 0.261 e. The number of sulfonamides is 1. The number of benzene rings is 2. The van der Waals surface area contributed by atoms with Crippen molar-refractivity contribution in [3.8, 4) is 11.4 Å². The highest BCUT2D eigenvalue weighted by Crippen LogP contribution is 2.21. The minimum absolute atomic E-state index is 0.244. The zero-order valence-electron chi connectivity index (χ0n) is 17.9. The van der Waals surface area contributed by atoms with E-state index in [1.165, 1.54) is 11.4 Å². The van der Waals surface area contributed by atoms with E-state index in [-0.39, 0.29) is 5.91 Å².